The number of ketones is 2. The fourth-order valence-corrected chi connectivity index (χ4v) is 5.39. The molecule has 0 amide bonds. The maximum Gasteiger partial charge on any atom is 0.197 e. The molecule has 0 atom stereocenters. The van der Waals surface area contributed by atoms with Gasteiger partial charge in [-0.1, -0.05) is 30.3 Å². The Kier molecular flexibility index (Phi) is 3.46. The highest BCUT2D eigenvalue weighted by molar-refractivity contribution is 7.18. The van der Waals surface area contributed by atoms with Gasteiger partial charge in [-0.3, -0.25) is 14.6 Å². The Morgan fingerprint density at radius 1 is 0.966 bits per heavy atom. The number of nitrogens with zero attached hydrogens (tertiary/aromatic N) is 3. The SMILES string of the molecule is O=C1C(=CC2=CC=C(N3Cc4sc5nccnc5c4C3)C2)C(=O)c2ccccc21. The van der Waals surface area contributed by atoms with Crippen LogP contribution in [0.4, 0.5) is 0 Å². The smallest absolute Gasteiger partial charge is 0.197 e. The van der Waals surface area contributed by atoms with Crippen LogP contribution in [0.3, 0.4) is 0 Å². The maximum atomic E-state index is 12.6. The molecule has 0 bridgehead atoms. The number of carbonyl (C=O) groups is 2. The number of hydrogen-bond acceptors (Lipinski definition) is 6. The minimum atomic E-state index is -0.173. The van der Waals surface area contributed by atoms with Crippen molar-refractivity contribution in [3.8, 4) is 0 Å². The molecule has 1 aliphatic heterocycles. The summed E-state index contributed by atoms with van der Waals surface area (Å²) in [6.45, 7) is 1.67. The number of carbonyl (C=O) groups excluding carboxylic acids is 2. The molecule has 2 aliphatic carbocycles. The molecule has 6 heteroatoms. The molecule has 2 aromatic heterocycles. The lowest BCUT2D eigenvalue weighted by molar-refractivity contribution is 0.0988. The van der Waals surface area contributed by atoms with Crippen LogP contribution in [0.1, 0.15) is 37.6 Å². The van der Waals surface area contributed by atoms with Crippen LogP contribution in [-0.4, -0.2) is 26.4 Å². The molecular formula is C23H15N3O2S. The third kappa shape index (κ3) is 2.46. The van der Waals surface area contributed by atoms with E-state index in [1.807, 2.05) is 6.08 Å². The first-order valence-corrected chi connectivity index (χ1v) is 10.3. The van der Waals surface area contributed by atoms with E-state index in [1.54, 1.807) is 54.1 Å². The summed E-state index contributed by atoms with van der Waals surface area (Å²) in [5.41, 5.74) is 5.75. The van der Waals surface area contributed by atoms with Gasteiger partial charge in [-0.15, -0.1) is 11.3 Å². The zero-order valence-electron chi connectivity index (χ0n) is 15.4. The second-order valence-corrected chi connectivity index (χ2v) is 8.49. The van der Waals surface area contributed by atoms with Crippen molar-refractivity contribution in [2.24, 2.45) is 0 Å². The van der Waals surface area contributed by atoms with E-state index in [0.717, 1.165) is 35.4 Å². The third-order valence-electron chi connectivity index (χ3n) is 5.71. The first-order chi connectivity index (χ1) is 14.2. The molecule has 0 radical (unpaired) electrons. The summed E-state index contributed by atoms with van der Waals surface area (Å²) >= 11 is 1.71. The molecule has 5 nitrogen and oxygen atoms in total. The first kappa shape index (κ1) is 16.6. The lowest BCUT2D eigenvalue weighted by Gasteiger charge is -2.19. The van der Waals surface area contributed by atoms with E-state index in [2.05, 4.69) is 20.9 Å². The lowest BCUT2D eigenvalue weighted by Crippen LogP contribution is -2.15. The number of benzene rings is 1. The minimum Gasteiger partial charge on any atom is -0.365 e. The molecule has 3 aliphatic rings. The minimum absolute atomic E-state index is 0.173. The van der Waals surface area contributed by atoms with Gasteiger partial charge >= 0.3 is 0 Å². The highest BCUT2D eigenvalue weighted by Gasteiger charge is 2.33. The van der Waals surface area contributed by atoms with Crippen LogP contribution < -0.4 is 0 Å². The molecule has 0 saturated carbocycles. The Morgan fingerprint density at radius 3 is 2.52 bits per heavy atom. The van der Waals surface area contributed by atoms with Crippen molar-refractivity contribution in [1.29, 1.82) is 0 Å². The monoisotopic (exact) mass is 397 g/mol. The Bertz CT molecular complexity index is 1290. The summed E-state index contributed by atoms with van der Waals surface area (Å²) in [4.78, 5) is 38.8. The zero-order chi connectivity index (χ0) is 19.5. The van der Waals surface area contributed by atoms with Gasteiger partial charge in [0.25, 0.3) is 0 Å². The Labute approximate surface area is 170 Å². The standard InChI is InChI=1S/C23H15N3O2S/c27-21-15-3-1-2-4-16(15)22(28)17(21)10-13-5-6-14(9-13)26-11-18-19(12-26)29-23-20(18)24-7-8-25-23/h1-8,10H,9,11-12H2. The number of allylic oxidation sites excluding steroid dienone is 5. The predicted octanol–water partition coefficient (Wildman–Crippen LogP) is 4.23. The van der Waals surface area contributed by atoms with Crippen LogP contribution >= 0.6 is 11.3 Å². The van der Waals surface area contributed by atoms with Crippen molar-refractivity contribution in [1.82, 2.24) is 14.9 Å². The van der Waals surface area contributed by atoms with Crippen molar-refractivity contribution in [2.45, 2.75) is 19.5 Å². The molecule has 0 N–H and O–H groups in total. The van der Waals surface area contributed by atoms with Crippen LogP contribution in [0.15, 0.2) is 71.7 Å². The average molecular weight is 397 g/mol. The van der Waals surface area contributed by atoms with Gasteiger partial charge in [-0.25, -0.2) is 4.98 Å². The number of fused-ring (bicyclic) bond motifs is 4. The Hall–Kier alpha value is -3.38. The van der Waals surface area contributed by atoms with Gasteiger partial charge in [-0.05, 0) is 17.7 Å². The van der Waals surface area contributed by atoms with E-state index in [0.29, 0.717) is 11.1 Å². The molecule has 29 heavy (non-hydrogen) atoms. The zero-order valence-corrected chi connectivity index (χ0v) is 16.2. The Balaban J connectivity index is 1.21. The Morgan fingerprint density at radius 2 is 1.72 bits per heavy atom. The fourth-order valence-electron chi connectivity index (χ4n) is 4.27. The van der Waals surface area contributed by atoms with Crippen molar-refractivity contribution in [3.63, 3.8) is 0 Å². The topological polar surface area (TPSA) is 63.2 Å². The molecule has 6 rings (SSSR count). The summed E-state index contributed by atoms with van der Waals surface area (Å²) < 4.78 is 0. The van der Waals surface area contributed by atoms with Crippen molar-refractivity contribution in [2.75, 3.05) is 0 Å². The molecular weight excluding hydrogens is 382 g/mol. The molecule has 3 heterocycles. The van der Waals surface area contributed by atoms with E-state index >= 15 is 0 Å². The second kappa shape index (κ2) is 6.06. The summed E-state index contributed by atoms with van der Waals surface area (Å²) in [5, 5.41) is 0. The molecule has 0 spiro atoms. The fraction of sp³-hybridized carbons (Fsp3) is 0.130. The van der Waals surface area contributed by atoms with Gasteiger partial charge in [0.1, 0.15) is 10.3 Å². The van der Waals surface area contributed by atoms with Crippen LogP contribution in [0.25, 0.3) is 10.3 Å². The van der Waals surface area contributed by atoms with E-state index in [9.17, 15) is 9.59 Å². The molecule has 3 aromatic rings. The maximum absolute atomic E-state index is 12.6. The third-order valence-corrected chi connectivity index (χ3v) is 6.82. The molecule has 0 fully saturated rings. The second-order valence-electron chi connectivity index (χ2n) is 7.41. The number of hydrogen-bond donors (Lipinski definition) is 0. The summed E-state index contributed by atoms with van der Waals surface area (Å²) in [6, 6.07) is 7.03. The first-order valence-electron chi connectivity index (χ1n) is 9.45. The van der Waals surface area contributed by atoms with Crippen LogP contribution in [0, 0.1) is 0 Å². The van der Waals surface area contributed by atoms with Crippen LogP contribution in [-0.2, 0) is 13.1 Å². The highest BCUT2D eigenvalue weighted by Crippen LogP contribution is 2.39. The van der Waals surface area contributed by atoms with Crippen LogP contribution in [0.2, 0.25) is 0 Å². The largest absolute Gasteiger partial charge is 0.365 e. The van der Waals surface area contributed by atoms with Crippen LogP contribution in [0.5, 0.6) is 0 Å². The molecule has 0 saturated heterocycles. The summed E-state index contributed by atoms with van der Waals surface area (Å²) in [7, 11) is 0. The van der Waals surface area contributed by atoms with Crippen molar-refractivity contribution < 1.29 is 9.59 Å². The molecule has 1 aromatic carbocycles. The average Bonchev–Trinajstić information content (AvgIpc) is 3.48. The number of thiophene rings is 1. The molecule has 0 unspecified atom stereocenters. The van der Waals surface area contributed by atoms with E-state index < -0.39 is 0 Å². The number of Topliss-reactive ketones (excluding diaryl/α,β-unsaturated/α-hetero) is 2. The summed E-state index contributed by atoms with van der Waals surface area (Å²) in [5.74, 6) is -0.346. The normalized spacial score (nSPS) is 17.7. The predicted molar refractivity (Wildman–Crippen MR) is 111 cm³/mol. The van der Waals surface area contributed by atoms with Gasteiger partial charge in [0.05, 0.1) is 12.1 Å². The van der Waals surface area contributed by atoms with Crippen molar-refractivity contribution >= 4 is 33.3 Å². The van der Waals surface area contributed by atoms with E-state index in [-0.39, 0.29) is 17.1 Å². The molecule has 140 valence electrons. The highest BCUT2D eigenvalue weighted by atomic mass is 32.1. The van der Waals surface area contributed by atoms with Crippen molar-refractivity contribution in [3.05, 3.63) is 93.3 Å². The van der Waals surface area contributed by atoms with Gasteiger partial charge in [0, 0.05) is 52.6 Å². The van der Waals surface area contributed by atoms with Gasteiger partial charge < -0.3 is 4.90 Å². The van der Waals surface area contributed by atoms with Gasteiger partial charge in [0.2, 0.25) is 0 Å². The van der Waals surface area contributed by atoms with E-state index in [1.165, 1.54) is 16.1 Å². The quantitative estimate of drug-likeness (QED) is 0.478. The lowest BCUT2D eigenvalue weighted by atomic mass is 10.1. The van der Waals surface area contributed by atoms with Gasteiger partial charge in [0.15, 0.2) is 11.6 Å². The number of rotatable bonds is 2. The van der Waals surface area contributed by atoms with E-state index in [4.69, 9.17) is 0 Å². The van der Waals surface area contributed by atoms with Gasteiger partial charge in [-0.2, -0.15) is 0 Å². The number of aromatic nitrogens is 2. The summed E-state index contributed by atoms with van der Waals surface area (Å²) in [6.07, 6.45) is 10.1.